The molecule has 1 N–H and O–H groups in total. The predicted molar refractivity (Wildman–Crippen MR) is 84.4 cm³/mol. The lowest BCUT2D eigenvalue weighted by Crippen LogP contribution is -2.39. The highest BCUT2D eigenvalue weighted by atomic mass is 16.5. The van der Waals surface area contributed by atoms with E-state index in [1.165, 1.54) is 11.8 Å². The first-order chi connectivity index (χ1) is 10.8. The molecule has 2 aromatic rings. The maximum atomic E-state index is 11.9. The van der Waals surface area contributed by atoms with Crippen molar-refractivity contribution in [2.24, 2.45) is 5.92 Å². The molecule has 0 aliphatic carbocycles. The molecule has 3 rings (SSSR count). The van der Waals surface area contributed by atoms with Crippen molar-refractivity contribution in [2.45, 2.75) is 19.3 Å². The highest BCUT2D eigenvalue weighted by molar-refractivity contribution is 5.91. The van der Waals surface area contributed by atoms with Gasteiger partial charge in [0.15, 0.2) is 5.82 Å². The number of hydrogen-bond donors (Lipinski definition) is 1. The minimum absolute atomic E-state index is 0.0320. The number of carbonyl (C=O) groups excluding carboxylic acids is 1. The molecule has 1 saturated heterocycles. The fourth-order valence-electron chi connectivity index (χ4n) is 2.96. The molecule has 0 bridgehead atoms. The summed E-state index contributed by atoms with van der Waals surface area (Å²) in [6.45, 7) is 2.37. The molecule has 0 radical (unpaired) electrons. The van der Waals surface area contributed by atoms with Gasteiger partial charge in [0.1, 0.15) is 6.26 Å². The van der Waals surface area contributed by atoms with Gasteiger partial charge >= 0.3 is 0 Å². The topological polar surface area (TPSA) is 58.4 Å². The zero-order valence-electron chi connectivity index (χ0n) is 12.6. The second-order valence-electron chi connectivity index (χ2n) is 5.84. The van der Waals surface area contributed by atoms with E-state index in [2.05, 4.69) is 45.7 Å². The first-order valence-electron chi connectivity index (χ1n) is 7.76. The van der Waals surface area contributed by atoms with E-state index in [-0.39, 0.29) is 5.91 Å². The quantitative estimate of drug-likeness (QED) is 0.922. The maximum Gasteiger partial charge on any atom is 0.239 e. The van der Waals surface area contributed by atoms with Crippen molar-refractivity contribution >= 4 is 11.7 Å². The third-order valence-corrected chi connectivity index (χ3v) is 4.15. The van der Waals surface area contributed by atoms with Crippen LogP contribution >= 0.6 is 0 Å². The van der Waals surface area contributed by atoms with Crippen LogP contribution < -0.4 is 5.32 Å². The lowest BCUT2D eigenvalue weighted by Gasteiger charge is -2.31. The summed E-state index contributed by atoms with van der Waals surface area (Å²) in [5, 5.41) is 6.42. The number of nitrogens with one attached hydrogen (secondary N) is 1. The molecule has 1 aliphatic heterocycles. The van der Waals surface area contributed by atoms with Gasteiger partial charge in [0.2, 0.25) is 5.91 Å². The second-order valence-corrected chi connectivity index (χ2v) is 5.84. The molecule has 1 fully saturated rings. The molecule has 0 spiro atoms. The Morgan fingerprint density at radius 2 is 2.00 bits per heavy atom. The number of benzene rings is 1. The third kappa shape index (κ3) is 4.18. The van der Waals surface area contributed by atoms with Crippen LogP contribution in [-0.4, -0.2) is 35.6 Å². The first kappa shape index (κ1) is 14.8. The Labute approximate surface area is 130 Å². The summed E-state index contributed by atoms with van der Waals surface area (Å²) < 4.78 is 4.70. The Hall–Kier alpha value is -2.14. The van der Waals surface area contributed by atoms with Crippen LogP contribution in [-0.2, 0) is 11.2 Å². The molecule has 0 atom stereocenters. The van der Waals surface area contributed by atoms with Crippen molar-refractivity contribution in [3.63, 3.8) is 0 Å². The molecular formula is C17H21N3O2. The average molecular weight is 299 g/mol. The lowest BCUT2D eigenvalue weighted by atomic mass is 9.90. The van der Waals surface area contributed by atoms with Crippen molar-refractivity contribution in [2.75, 3.05) is 25.0 Å². The van der Waals surface area contributed by atoms with Gasteiger partial charge in [0, 0.05) is 6.07 Å². The first-order valence-corrected chi connectivity index (χ1v) is 7.76. The number of carbonyl (C=O) groups is 1. The van der Waals surface area contributed by atoms with Crippen LogP contribution in [0.3, 0.4) is 0 Å². The van der Waals surface area contributed by atoms with E-state index in [4.69, 9.17) is 4.52 Å². The SMILES string of the molecule is O=C(CN1CCC(Cc2ccccc2)CC1)Nc1ccon1. The van der Waals surface area contributed by atoms with Crippen LogP contribution in [0.25, 0.3) is 0 Å². The summed E-state index contributed by atoms with van der Waals surface area (Å²) in [5.41, 5.74) is 1.41. The Morgan fingerprint density at radius 1 is 1.23 bits per heavy atom. The number of piperidine rings is 1. The van der Waals surface area contributed by atoms with Gasteiger partial charge in [0.05, 0.1) is 6.54 Å². The van der Waals surface area contributed by atoms with Crippen LogP contribution in [0.15, 0.2) is 47.2 Å². The van der Waals surface area contributed by atoms with Gasteiger partial charge in [-0.25, -0.2) is 0 Å². The van der Waals surface area contributed by atoms with E-state index >= 15 is 0 Å². The molecule has 1 aromatic heterocycles. The van der Waals surface area contributed by atoms with Gasteiger partial charge in [-0.05, 0) is 43.8 Å². The second kappa shape index (κ2) is 7.22. The van der Waals surface area contributed by atoms with Crippen molar-refractivity contribution in [1.82, 2.24) is 10.1 Å². The molecule has 1 aromatic carbocycles. The number of nitrogens with zero attached hydrogens (tertiary/aromatic N) is 2. The van der Waals surface area contributed by atoms with Gasteiger partial charge in [-0.15, -0.1) is 0 Å². The summed E-state index contributed by atoms with van der Waals surface area (Å²) in [4.78, 5) is 14.1. The largest absolute Gasteiger partial charge is 0.363 e. The summed E-state index contributed by atoms with van der Waals surface area (Å²) in [5.74, 6) is 1.16. The third-order valence-electron chi connectivity index (χ3n) is 4.15. The number of amides is 1. The molecule has 1 amide bonds. The number of rotatable bonds is 5. The zero-order valence-corrected chi connectivity index (χ0v) is 12.6. The smallest absolute Gasteiger partial charge is 0.239 e. The Kier molecular flexibility index (Phi) is 4.85. The van der Waals surface area contributed by atoms with Gasteiger partial charge in [0.25, 0.3) is 0 Å². The Balaban J connectivity index is 1.41. The van der Waals surface area contributed by atoms with Crippen molar-refractivity contribution in [1.29, 1.82) is 0 Å². The van der Waals surface area contributed by atoms with E-state index in [1.807, 2.05) is 0 Å². The number of anilines is 1. The molecule has 0 unspecified atom stereocenters. The number of aromatic nitrogens is 1. The highest BCUT2D eigenvalue weighted by Crippen LogP contribution is 2.21. The van der Waals surface area contributed by atoms with E-state index < -0.39 is 0 Å². The summed E-state index contributed by atoms with van der Waals surface area (Å²) in [7, 11) is 0. The van der Waals surface area contributed by atoms with Crippen LogP contribution in [0, 0.1) is 5.92 Å². The number of hydrogen-bond acceptors (Lipinski definition) is 4. The monoisotopic (exact) mass is 299 g/mol. The fourth-order valence-corrected chi connectivity index (χ4v) is 2.96. The number of likely N-dealkylation sites (tertiary alicyclic amines) is 1. The van der Waals surface area contributed by atoms with Crippen LogP contribution in [0.1, 0.15) is 18.4 Å². The molecule has 2 heterocycles. The van der Waals surface area contributed by atoms with Gasteiger partial charge < -0.3 is 9.84 Å². The van der Waals surface area contributed by atoms with E-state index in [0.29, 0.717) is 12.4 Å². The molecule has 116 valence electrons. The van der Waals surface area contributed by atoms with Crippen molar-refractivity contribution in [3.05, 3.63) is 48.2 Å². The Bertz CT molecular complexity index is 575. The average Bonchev–Trinajstić information content (AvgIpc) is 3.03. The van der Waals surface area contributed by atoms with Gasteiger partial charge in [-0.2, -0.15) is 0 Å². The van der Waals surface area contributed by atoms with E-state index in [1.54, 1.807) is 6.07 Å². The summed E-state index contributed by atoms with van der Waals surface area (Å²) in [6.07, 6.45) is 4.88. The summed E-state index contributed by atoms with van der Waals surface area (Å²) in [6, 6.07) is 12.3. The maximum absolute atomic E-state index is 11.9. The van der Waals surface area contributed by atoms with E-state index in [0.717, 1.165) is 38.3 Å². The molecule has 5 nitrogen and oxygen atoms in total. The lowest BCUT2D eigenvalue weighted by molar-refractivity contribution is -0.117. The highest BCUT2D eigenvalue weighted by Gasteiger charge is 2.21. The molecule has 5 heteroatoms. The van der Waals surface area contributed by atoms with Gasteiger partial charge in [-0.1, -0.05) is 35.5 Å². The fraction of sp³-hybridized carbons (Fsp3) is 0.412. The summed E-state index contributed by atoms with van der Waals surface area (Å²) >= 11 is 0. The molecule has 0 saturated carbocycles. The minimum Gasteiger partial charge on any atom is -0.363 e. The Morgan fingerprint density at radius 3 is 2.68 bits per heavy atom. The standard InChI is InChI=1S/C17H21N3O2/c21-17(18-16-8-11-22-19-16)13-20-9-6-15(7-10-20)12-14-4-2-1-3-5-14/h1-5,8,11,15H,6-7,9-10,12-13H2,(H,18,19,21). The van der Waals surface area contributed by atoms with Crippen LogP contribution in [0.4, 0.5) is 5.82 Å². The van der Waals surface area contributed by atoms with Crippen LogP contribution in [0.5, 0.6) is 0 Å². The molecule has 1 aliphatic rings. The minimum atomic E-state index is -0.0320. The van der Waals surface area contributed by atoms with Crippen LogP contribution in [0.2, 0.25) is 0 Å². The predicted octanol–water partition coefficient (Wildman–Crippen LogP) is 2.57. The molecular weight excluding hydrogens is 278 g/mol. The van der Waals surface area contributed by atoms with Crippen molar-refractivity contribution < 1.29 is 9.32 Å². The normalized spacial score (nSPS) is 16.5. The zero-order chi connectivity index (χ0) is 15.2. The van der Waals surface area contributed by atoms with E-state index in [9.17, 15) is 4.79 Å². The van der Waals surface area contributed by atoms with Crippen molar-refractivity contribution in [3.8, 4) is 0 Å². The molecule has 22 heavy (non-hydrogen) atoms. The van der Waals surface area contributed by atoms with Gasteiger partial charge in [-0.3, -0.25) is 9.69 Å².